The highest BCUT2D eigenvalue weighted by atomic mass is 32.1. The van der Waals surface area contributed by atoms with Crippen molar-refractivity contribution in [1.82, 2.24) is 14.5 Å². The maximum absolute atomic E-state index is 13.8. The minimum Gasteiger partial charge on any atom is -0.298 e. The van der Waals surface area contributed by atoms with Gasteiger partial charge in [-0.3, -0.25) is 19.5 Å². The minimum atomic E-state index is -0.253. The fourth-order valence-electron chi connectivity index (χ4n) is 4.29. The summed E-state index contributed by atoms with van der Waals surface area (Å²) in [5, 5.41) is 3.89. The Labute approximate surface area is 222 Å². The van der Waals surface area contributed by atoms with Crippen molar-refractivity contribution in [3.8, 4) is 27.6 Å². The molecule has 0 fully saturated rings. The van der Waals surface area contributed by atoms with Gasteiger partial charge in [0, 0.05) is 11.1 Å². The van der Waals surface area contributed by atoms with Gasteiger partial charge in [-0.05, 0) is 43.3 Å². The first-order valence-electron chi connectivity index (χ1n) is 12.1. The number of thiazole rings is 1. The molecule has 6 aromatic rings. The zero-order chi connectivity index (χ0) is 26.1. The normalized spacial score (nSPS) is 11.0. The molecule has 4 aromatic carbocycles. The summed E-state index contributed by atoms with van der Waals surface area (Å²) in [7, 11) is 0. The Bertz CT molecular complexity index is 1830. The van der Waals surface area contributed by atoms with E-state index >= 15 is 0 Å². The Morgan fingerprint density at radius 2 is 1.45 bits per heavy atom. The molecule has 6 rings (SSSR count). The number of carbonyl (C=O) groups excluding carboxylic acids is 1. The van der Waals surface area contributed by atoms with Crippen LogP contribution in [0, 0.1) is 6.92 Å². The second kappa shape index (κ2) is 9.88. The van der Waals surface area contributed by atoms with Crippen LogP contribution in [-0.2, 0) is 0 Å². The van der Waals surface area contributed by atoms with E-state index in [1.54, 1.807) is 22.8 Å². The molecule has 0 aliphatic carbocycles. The van der Waals surface area contributed by atoms with E-state index in [1.807, 2.05) is 97.9 Å². The Hall–Kier alpha value is -4.88. The molecule has 0 spiro atoms. The van der Waals surface area contributed by atoms with Gasteiger partial charge in [-0.2, -0.15) is 0 Å². The fraction of sp³-hybridized carbons (Fsp3) is 0.0323. The summed E-state index contributed by atoms with van der Waals surface area (Å²) in [4.78, 5) is 37.3. The number of hydrogen-bond donors (Lipinski definition) is 1. The van der Waals surface area contributed by atoms with Crippen molar-refractivity contribution in [2.45, 2.75) is 6.92 Å². The van der Waals surface area contributed by atoms with Gasteiger partial charge in [-0.1, -0.05) is 89.7 Å². The molecule has 1 N–H and O–H groups in total. The first-order chi connectivity index (χ1) is 18.6. The molecule has 0 aliphatic rings. The van der Waals surface area contributed by atoms with Crippen molar-refractivity contribution in [3.63, 3.8) is 0 Å². The van der Waals surface area contributed by atoms with E-state index in [0.29, 0.717) is 43.7 Å². The first-order valence-corrected chi connectivity index (χ1v) is 12.9. The Kier molecular flexibility index (Phi) is 6.11. The number of aryl methyl sites for hydroxylation is 1. The highest BCUT2D eigenvalue weighted by Crippen LogP contribution is 2.39. The molecule has 38 heavy (non-hydrogen) atoms. The van der Waals surface area contributed by atoms with Crippen molar-refractivity contribution in [2.75, 3.05) is 5.32 Å². The molecule has 7 heteroatoms. The van der Waals surface area contributed by atoms with E-state index in [1.165, 1.54) is 11.3 Å². The van der Waals surface area contributed by atoms with Crippen LogP contribution in [0.25, 0.3) is 38.5 Å². The van der Waals surface area contributed by atoms with Crippen LogP contribution in [0.1, 0.15) is 15.9 Å². The molecule has 0 unspecified atom stereocenters. The van der Waals surface area contributed by atoms with E-state index in [-0.39, 0.29) is 11.5 Å². The predicted octanol–water partition coefficient (Wildman–Crippen LogP) is 6.74. The molecule has 2 aromatic heterocycles. The predicted molar refractivity (Wildman–Crippen MR) is 153 cm³/mol. The lowest BCUT2D eigenvalue weighted by molar-refractivity contribution is 0.102. The largest absolute Gasteiger partial charge is 0.298 e. The van der Waals surface area contributed by atoms with Crippen LogP contribution in [0.4, 0.5) is 5.13 Å². The number of rotatable bonds is 5. The van der Waals surface area contributed by atoms with Crippen LogP contribution in [0.2, 0.25) is 0 Å². The van der Waals surface area contributed by atoms with E-state index < -0.39 is 0 Å². The summed E-state index contributed by atoms with van der Waals surface area (Å²) in [6.07, 6.45) is 0. The first kappa shape index (κ1) is 23.5. The molecule has 1 amide bonds. The Morgan fingerprint density at radius 1 is 0.789 bits per heavy atom. The topological polar surface area (TPSA) is 76.9 Å². The van der Waals surface area contributed by atoms with Gasteiger partial charge in [-0.15, -0.1) is 0 Å². The monoisotopic (exact) mass is 514 g/mol. The lowest BCUT2D eigenvalue weighted by Gasteiger charge is -2.13. The molecule has 0 aliphatic heterocycles. The molecule has 0 saturated carbocycles. The van der Waals surface area contributed by atoms with Crippen molar-refractivity contribution in [1.29, 1.82) is 0 Å². The summed E-state index contributed by atoms with van der Waals surface area (Å²) >= 11 is 1.29. The summed E-state index contributed by atoms with van der Waals surface area (Å²) < 4.78 is 1.62. The number of carbonyl (C=O) groups is 1. The number of para-hydroxylation sites is 2. The van der Waals surface area contributed by atoms with E-state index in [9.17, 15) is 9.59 Å². The molecule has 0 radical (unpaired) electrons. The van der Waals surface area contributed by atoms with Gasteiger partial charge in [0.05, 0.1) is 22.3 Å². The van der Waals surface area contributed by atoms with Gasteiger partial charge >= 0.3 is 0 Å². The third kappa shape index (κ3) is 4.40. The van der Waals surface area contributed by atoms with Crippen molar-refractivity contribution >= 4 is 33.3 Å². The second-order valence-electron chi connectivity index (χ2n) is 8.81. The summed E-state index contributed by atoms with van der Waals surface area (Å²) in [5.74, 6) is 0.212. The van der Waals surface area contributed by atoms with E-state index in [4.69, 9.17) is 9.97 Å². The number of nitrogens with zero attached hydrogens (tertiary/aromatic N) is 3. The number of fused-ring (bicyclic) bond motifs is 1. The number of nitrogens with one attached hydrogen (secondary N) is 1. The van der Waals surface area contributed by atoms with Gasteiger partial charge in [0.2, 0.25) is 0 Å². The molecular formula is C31H22N4O2S. The highest BCUT2D eigenvalue weighted by Gasteiger charge is 2.23. The lowest BCUT2D eigenvalue weighted by atomic mass is 10.1. The highest BCUT2D eigenvalue weighted by molar-refractivity contribution is 7.19. The third-order valence-corrected chi connectivity index (χ3v) is 7.17. The van der Waals surface area contributed by atoms with Gasteiger partial charge in [0.25, 0.3) is 11.5 Å². The maximum Gasteiger partial charge on any atom is 0.266 e. The average molecular weight is 515 g/mol. The quantitative estimate of drug-likeness (QED) is 0.277. The molecule has 2 heterocycles. The van der Waals surface area contributed by atoms with Crippen molar-refractivity contribution < 1.29 is 4.79 Å². The SMILES string of the molecule is Cc1ccc(C(=O)Nc2nc(-c3ccccc3)c(-c3nc4ccccc4c(=O)n3-c3ccccc3)s2)cc1. The van der Waals surface area contributed by atoms with Crippen LogP contribution in [0.15, 0.2) is 114 Å². The van der Waals surface area contributed by atoms with Crippen LogP contribution in [-0.4, -0.2) is 20.4 Å². The zero-order valence-corrected chi connectivity index (χ0v) is 21.3. The van der Waals surface area contributed by atoms with Gasteiger partial charge < -0.3 is 0 Å². The number of anilines is 1. The number of amides is 1. The average Bonchev–Trinajstić information content (AvgIpc) is 3.38. The maximum atomic E-state index is 13.8. The second-order valence-corrected chi connectivity index (χ2v) is 9.81. The van der Waals surface area contributed by atoms with Crippen LogP contribution in [0.3, 0.4) is 0 Å². The van der Waals surface area contributed by atoms with E-state index in [2.05, 4.69) is 5.32 Å². The van der Waals surface area contributed by atoms with Gasteiger partial charge in [0.1, 0.15) is 4.88 Å². The summed E-state index contributed by atoms with van der Waals surface area (Å²) in [5.41, 5.74) is 4.23. The molecule has 0 bridgehead atoms. The minimum absolute atomic E-state index is 0.172. The molecule has 184 valence electrons. The van der Waals surface area contributed by atoms with Crippen LogP contribution in [0.5, 0.6) is 0 Å². The molecule has 0 atom stereocenters. The number of benzene rings is 4. The fourth-order valence-corrected chi connectivity index (χ4v) is 5.26. The molecule has 6 nitrogen and oxygen atoms in total. The van der Waals surface area contributed by atoms with Crippen LogP contribution >= 0.6 is 11.3 Å². The zero-order valence-electron chi connectivity index (χ0n) is 20.5. The van der Waals surface area contributed by atoms with Gasteiger partial charge in [0.15, 0.2) is 11.0 Å². The number of hydrogen-bond acceptors (Lipinski definition) is 5. The lowest BCUT2D eigenvalue weighted by Crippen LogP contribution is -2.21. The molecular weight excluding hydrogens is 492 g/mol. The molecule has 0 saturated heterocycles. The Balaban J connectivity index is 1.57. The van der Waals surface area contributed by atoms with Crippen LogP contribution < -0.4 is 10.9 Å². The summed E-state index contributed by atoms with van der Waals surface area (Å²) in [6, 6.07) is 33.8. The Morgan fingerprint density at radius 3 is 2.18 bits per heavy atom. The standard InChI is InChI=1S/C31H22N4O2S/c1-20-16-18-22(19-17-20)29(36)34-31-33-26(21-10-4-2-5-11-21)27(38-31)28-32-25-15-9-8-14-24(25)30(37)35(28)23-12-6-3-7-13-23/h2-19H,1H3,(H,33,34,36). The van der Waals surface area contributed by atoms with Gasteiger partial charge in [-0.25, -0.2) is 9.97 Å². The van der Waals surface area contributed by atoms with E-state index in [0.717, 1.165) is 11.1 Å². The third-order valence-electron chi connectivity index (χ3n) is 6.20. The van der Waals surface area contributed by atoms with Crippen molar-refractivity contribution in [2.24, 2.45) is 0 Å². The van der Waals surface area contributed by atoms with Crippen molar-refractivity contribution in [3.05, 3.63) is 131 Å². The summed E-state index contributed by atoms with van der Waals surface area (Å²) in [6.45, 7) is 1.98. The smallest absolute Gasteiger partial charge is 0.266 e. The number of aromatic nitrogens is 3.